The van der Waals surface area contributed by atoms with Crippen molar-refractivity contribution in [3.8, 4) is 11.3 Å². The van der Waals surface area contributed by atoms with Crippen LogP contribution in [0.2, 0.25) is 0 Å². The van der Waals surface area contributed by atoms with Crippen molar-refractivity contribution in [1.82, 2.24) is 15.4 Å². The van der Waals surface area contributed by atoms with Gasteiger partial charge in [-0.25, -0.2) is 4.39 Å². The molecule has 30 heavy (non-hydrogen) atoms. The van der Waals surface area contributed by atoms with Crippen LogP contribution in [0.4, 0.5) is 4.39 Å². The quantitative estimate of drug-likeness (QED) is 0.778. The molecule has 8 heteroatoms. The Labute approximate surface area is 174 Å². The van der Waals surface area contributed by atoms with Crippen molar-refractivity contribution < 1.29 is 23.6 Å². The molecule has 0 unspecified atom stereocenters. The number of aromatic nitrogens is 1. The van der Waals surface area contributed by atoms with Crippen molar-refractivity contribution in [2.45, 2.75) is 50.6 Å². The molecule has 0 bridgehead atoms. The predicted octanol–water partition coefficient (Wildman–Crippen LogP) is 3.32. The summed E-state index contributed by atoms with van der Waals surface area (Å²) >= 11 is 0. The van der Waals surface area contributed by atoms with Gasteiger partial charge < -0.3 is 14.9 Å². The molecule has 1 aromatic carbocycles. The lowest BCUT2D eigenvalue weighted by Gasteiger charge is -2.42. The molecule has 1 aliphatic carbocycles. The number of hydrogen-bond donors (Lipinski definition) is 2. The molecule has 2 atom stereocenters. The van der Waals surface area contributed by atoms with E-state index < -0.39 is 29.7 Å². The van der Waals surface area contributed by atoms with E-state index in [0.717, 1.165) is 19.4 Å². The number of halogens is 1. The number of carbonyl (C=O) groups is 2. The number of nitrogens with zero attached hydrogens (tertiary/aromatic N) is 2. The minimum Gasteiger partial charge on any atom is -0.481 e. The van der Waals surface area contributed by atoms with Gasteiger partial charge in [-0.15, -0.1) is 0 Å². The van der Waals surface area contributed by atoms with Crippen molar-refractivity contribution in [3.05, 3.63) is 41.8 Å². The number of nitrogens with one attached hydrogen (secondary N) is 1. The van der Waals surface area contributed by atoms with Crippen molar-refractivity contribution in [3.63, 3.8) is 0 Å². The number of rotatable bonds is 5. The van der Waals surface area contributed by atoms with E-state index in [9.17, 15) is 19.1 Å². The van der Waals surface area contributed by atoms with Gasteiger partial charge in [0.25, 0.3) is 5.91 Å². The van der Waals surface area contributed by atoms with Crippen LogP contribution >= 0.6 is 0 Å². The third kappa shape index (κ3) is 4.38. The molecule has 1 aromatic heterocycles. The van der Waals surface area contributed by atoms with Crippen molar-refractivity contribution >= 4 is 11.9 Å². The largest absolute Gasteiger partial charge is 0.481 e. The summed E-state index contributed by atoms with van der Waals surface area (Å²) in [6.45, 7) is 1.20. The van der Waals surface area contributed by atoms with Gasteiger partial charge in [0.15, 0.2) is 11.5 Å². The number of piperidine rings is 1. The standard InChI is InChI=1S/C22H26FN3O4/c23-17-9-5-4-8-15(17)20-12-19(25-30-20)21(27)24-18-10-11-26(13-16(18)22(28)29)14-6-2-1-3-7-14/h4-5,8-9,12,14,16,18H,1-3,6-7,10-11,13H2,(H,24,27)(H,28,29)/t16-,18-/m1/s1. The van der Waals surface area contributed by atoms with Gasteiger partial charge in [-0.2, -0.15) is 0 Å². The number of carboxylic acid groups (broad SMARTS) is 1. The first-order chi connectivity index (χ1) is 14.5. The Kier molecular flexibility index (Phi) is 6.13. The van der Waals surface area contributed by atoms with Gasteiger partial charge in [0.2, 0.25) is 0 Å². The zero-order chi connectivity index (χ0) is 21.1. The fourth-order valence-corrected chi connectivity index (χ4v) is 4.59. The summed E-state index contributed by atoms with van der Waals surface area (Å²) < 4.78 is 19.1. The molecule has 1 saturated carbocycles. The summed E-state index contributed by atoms with van der Waals surface area (Å²) in [4.78, 5) is 26.8. The van der Waals surface area contributed by atoms with Crippen LogP contribution in [0.25, 0.3) is 11.3 Å². The molecule has 1 amide bonds. The molecule has 2 heterocycles. The average Bonchev–Trinajstić information content (AvgIpc) is 3.25. The Bertz CT molecular complexity index is 909. The monoisotopic (exact) mass is 415 g/mol. The van der Waals surface area contributed by atoms with Crippen LogP contribution < -0.4 is 5.32 Å². The molecule has 160 valence electrons. The Morgan fingerprint density at radius 1 is 1.17 bits per heavy atom. The van der Waals surface area contributed by atoms with E-state index in [4.69, 9.17) is 4.52 Å². The second-order valence-electron chi connectivity index (χ2n) is 8.16. The molecular weight excluding hydrogens is 389 g/mol. The Hall–Kier alpha value is -2.74. The molecule has 2 N–H and O–H groups in total. The normalized spacial score (nSPS) is 23.2. The maximum atomic E-state index is 13.9. The number of aliphatic carboxylic acids is 1. The van der Waals surface area contributed by atoms with Crippen LogP contribution in [0.15, 0.2) is 34.9 Å². The summed E-state index contributed by atoms with van der Waals surface area (Å²) in [5, 5.41) is 16.3. The number of carboxylic acids is 1. The van der Waals surface area contributed by atoms with Gasteiger partial charge in [-0.3, -0.25) is 14.5 Å². The highest BCUT2D eigenvalue weighted by atomic mass is 19.1. The van der Waals surface area contributed by atoms with Crippen LogP contribution in [0, 0.1) is 11.7 Å². The molecule has 4 rings (SSSR count). The van der Waals surface area contributed by atoms with Crippen molar-refractivity contribution in [2.75, 3.05) is 13.1 Å². The lowest BCUT2D eigenvalue weighted by atomic mass is 9.87. The lowest BCUT2D eigenvalue weighted by Crippen LogP contribution is -2.56. The third-order valence-electron chi connectivity index (χ3n) is 6.25. The third-order valence-corrected chi connectivity index (χ3v) is 6.25. The highest BCUT2D eigenvalue weighted by Gasteiger charge is 2.38. The molecule has 2 aliphatic rings. The fraction of sp³-hybridized carbons (Fsp3) is 0.500. The number of hydrogen-bond acceptors (Lipinski definition) is 5. The highest BCUT2D eigenvalue weighted by Crippen LogP contribution is 2.28. The minimum atomic E-state index is -0.909. The molecule has 1 saturated heterocycles. The van der Waals surface area contributed by atoms with Gasteiger partial charge in [0.05, 0.1) is 11.5 Å². The second kappa shape index (κ2) is 8.95. The summed E-state index contributed by atoms with van der Waals surface area (Å²) in [7, 11) is 0. The predicted molar refractivity (Wildman–Crippen MR) is 107 cm³/mol. The smallest absolute Gasteiger partial charge is 0.309 e. The number of benzene rings is 1. The molecule has 2 aromatic rings. The van der Waals surface area contributed by atoms with E-state index in [1.54, 1.807) is 18.2 Å². The molecule has 0 radical (unpaired) electrons. The van der Waals surface area contributed by atoms with Crippen LogP contribution in [0.1, 0.15) is 49.0 Å². The Morgan fingerprint density at radius 2 is 1.93 bits per heavy atom. The van der Waals surface area contributed by atoms with E-state index in [1.165, 1.54) is 31.4 Å². The van der Waals surface area contributed by atoms with Gasteiger partial charge >= 0.3 is 5.97 Å². The van der Waals surface area contributed by atoms with Crippen LogP contribution in [0.5, 0.6) is 0 Å². The maximum Gasteiger partial charge on any atom is 0.309 e. The van der Waals surface area contributed by atoms with Gasteiger partial charge in [0, 0.05) is 31.2 Å². The first kappa shape index (κ1) is 20.5. The molecule has 1 aliphatic heterocycles. The number of amides is 1. The van der Waals surface area contributed by atoms with Crippen molar-refractivity contribution in [1.29, 1.82) is 0 Å². The minimum absolute atomic E-state index is 0.00658. The molecule has 2 fully saturated rings. The summed E-state index contributed by atoms with van der Waals surface area (Å²) in [5.74, 6) is -2.42. The molecular formula is C22H26FN3O4. The fourth-order valence-electron chi connectivity index (χ4n) is 4.59. The number of carbonyl (C=O) groups excluding carboxylic acids is 1. The average molecular weight is 415 g/mol. The van der Waals surface area contributed by atoms with Gasteiger partial charge in [-0.05, 0) is 31.4 Å². The first-order valence-corrected chi connectivity index (χ1v) is 10.5. The van der Waals surface area contributed by atoms with E-state index in [-0.39, 0.29) is 17.0 Å². The second-order valence-corrected chi connectivity index (χ2v) is 8.16. The van der Waals surface area contributed by atoms with Crippen LogP contribution in [0.3, 0.4) is 0 Å². The summed E-state index contributed by atoms with van der Waals surface area (Å²) in [5.41, 5.74) is 0.223. The zero-order valence-electron chi connectivity index (χ0n) is 16.7. The number of likely N-dealkylation sites (tertiary alicyclic amines) is 1. The van der Waals surface area contributed by atoms with Crippen LogP contribution in [-0.2, 0) is 4.79 Å². The summed E-state index contributed by atoms with van der Waals surface area (Å²) in [6, 6.07) is 7.40. The van der Waals surface area contributed by atoms with Gasteiger partial charge in [-0.1, -0.05) is 36.6 Å². The van der Waals surface area contributed by atoms with E-state index in [1.807, 2.05) is 0 Å². The maximum absolute atomic E-state index is 13.9. The van der Waals surface area contributed by atoms with Gasteiger partial charge in [0.1, 0.15) is 5.82 Å². The zero-order valence-corrected chi connectivity index (χ0v) is 16.7. The Balaban J connectivity index is 1.42. The van der Waals surface area contributed by atoms with E-state index in [0.29, 0.717) is 19.0 Å². The first-order valence-electron chi connectivity index (χ1n) is 10.5. The molecule has 0 spiro atoms. The molecule has 7 nitrogen and oxygen atoms in total. The van der Waals surface area contributed by atoms with E-state index in [2.05, 4.69) is 15.4 Å². The summed E-state index contributed by atoms with van der Waals surface area (Å²) in [6.07, 6.45) is 6.42. The topological polar surface area (TPSA) is 95.7 Å². The Morgan fingerprint density at radius 3 is 2.67 bits per heavy atom. The SMILES string of the molecule is O=C(N[C@@H]1CCN(C2CCCCC2)C[C@H]1C(=O)O)c1cc(-c2ccccc2F)on1. The lowest BCUT2D eigenvalue weighted by molar-refractivity contribution is -0.145. The van der Waals surface area contributed by atoms with Crippen LogP contribution in [-0.4, -0.2) is 52.2 Å². The van der Waals surface area contributed by atoms with Crippen molar-refractivity contribution in [2.24, 2.45) is 5.92 Å². The van der Waals surface area contributed by atoms with E-state index >= 15 is 0 Å². The highest BCUT2D eigenvalue weighted by molar-refractivity contribution is 5.93.